The second-order valence-electron chi connectivity index (χ2n) is 5.76. The Balaban J connectivity index is 1.77. The van der Waals surface area contributed by atoms with Crippen LogP contribution in [-0.4, -0.2) is 36.5 Å². The molecule has 27 heavy (non-hydrogen) atoms. The van der Waals surface area contributed by atoms with Crippen LogP contribution in [0.25, 0.3) is 0 Å². The average molecular weight is 371 g/mol. The molecule has 1 amide bonds. The van der Waals surface area contributed by atoms with Crippen LogP contribution in [0.2, 0.25) is 0 Å². The lowest BCUT2D eigenvalue weighted by Gasteiger charge is -2.08. The molecule has 0 aliphatic carbocycles. The Hall–Kier alpha value is -3.35. The number of ether oxygens (including phenoxy) is 2. The number of Topliss-reactive ketones (excluding diaryl/α,β-unsaturated/α-hetero) is 1. The van der Waals surface area contributed by atoms with Crippen LogP contribution in [0.1, 0.15) is 29.6 Å². The molecule has 0 unspecified atom stereocenters. The van der Waals surface area contributed by atoms with E-state index >= 15 is 0 Å². The van der Waals surface area contributed by atoms with Gasteiger partial charge in [0.15, 0.2) is 12.4 Å². The van der Waals surface area contributed by atoms with E-state index in [0.29, 0.717) is 29.2 Å². The Bertz CT molecular complexity index is 800. The number of aliphatic carboxylic acids is 1. The summed E-state index contributed by atoms with van der Waals surface area (Å²) in [6.07, 6.45) is 0.884. The first-order chi connectivity index (χ1) is 13.0. The molecular formula is C20H21NO6. The van der Waals surface area contributed by atoms with Crippen molar-refractivity contribution < 1.29 is 29.0 Å². The van der Waals surface area contributed by atoms with Crippen molar-refractivity contribution in [1.29, 1.82) is 0 Å². The van der Waals surface area contributed by atoms with Gasteiger partial charge in [-0.15, -0.1) is 0 Å². The van der Waals surface area contributed by atoms with Gasteiger partial charge in [-0.2, -0.15) is 0 Å². The van der Waals surface area contributed by atoms with Gasteiger partial charge in [0.05, 0.1) is 7.11 Å². The van der Waals surface area contributed by atoms with Crippen LogP contribution < -0.4 is 14.8 Å². The van der Waals surface area contributed by atoms with Gasteiger partial charge in [-0.05, 0) is 42.8 Å². The number of carboxylic acid groups (broad SMARTS) is 1. The zero-order chi connectivity index (χ0) is 19.6. The van der Waals surface area contributed by atoms with E-state index in [2.05, 4.69) is 5.32 Å². The van der Waals surface area contributed by atoms with Gasteiger partial charge in [-0.25, -0.2) is 4.79 Å². The minimum atomic E-state index is -1.08. The first-order valence-electron chi connectivity index (χ1n) is 8.39. The van der Waals surface area contributed by atoms with E-state index in [4.69, 9.17) is 14.6 Å². The molecule has 0 fully saturated rings. The summed E-state index contributed by atoms with van der Waals surface area (Å²) in [6, 6.07) is 13.3. The zero-order valence-corrected chi connectivity index (χ0v) is 14.9. The molecule has 2 N–H and O–H groups in total. The highest BCUT2D eigenvalue weighted by atomic mass is 16.5. The molecule has 0 saturated heterocycles. The molecular weight excluding hydrogens is 350 g/mol. The number of amides is 1. The Morgan fingerprint density at radius 3 is 2.41 bits per heavy atom. The summed E-state index contributed by atoms with van der Waals surface area (Å²) in [7, 11) is 1.56. The van der Waals surface area contributed by atoms with Gasteiger partial charge in [0.25, 0.3) is 0 Å². The number of ketones is 1. The monoisotopic (exact) mass is 371 g/mol. The molecule has 0 heterocycles. The van der Waals surface area contributed by atoms with Crippen LogP contribution in [0, 0.1) is 0 Å². The molecule has 0 atom stereocenters. The third-order valence-corrected chi connectivity index (χ3v) is 3.70. The molecule has 7 heteroatoms. The fourth-order valence-electron chi connectivity index (χ4n) is 2.36. The van der Waals surface area contributed by atoms with Crippen molar-refractivity contribution in [2.75, 3.05) is 19.0 Å². The van der Waals surface area contributed by atoms with Crippen molar-refractivity contribution >= 4 is 23.3 Å². The van der Waals surface area contributed by atoms with Crippen LogP contribution in [0.15, 0.2) is 48.5 Å². The third-order valence-electron chi connectivity index (χ3n) is 3.70. The Morgan fingerprint density at radius 2 is 1.74 bits per heavy atom. The van der Waals surface area contributed by atoms with Crippen LogP contribution in [0.5, 0.6) is 11.5 Å². The molecule has 2 aromatic carbocycles. The number of hydrogen-bond acceptors (Lipinski definition) is 5. The molecule has 0 spiro atoms. The topological polar surface area (TPSA) is 102 Å². The summed E-state index contributed by atoms with van der Waals surface area (Å²) in [6.45, 7) is -0.454. The summed E-state index contributed by atoms with van der Waals surface area (Å²) in [5.74, 6) is -0.307. The number of benzene rings is 2. The van der Waals surface area contributed by atoms with Crippen LogP contribution in [-0.2, 0) is 9.59 Å². The summed E-state index contributed by atoms with van der Waals surface area (Å²) < 4.78 is 10.1. The molecule has 0 bridgehead atoms. The Labute approximate surface area is 156 Å². The van der Waals surface area contributed by atoms with E-state index in [-0.39, 0.29) is 24.5 Å². The highest BCUT2D eigenvalue weighted by Gasteiger charge is 2.09. The standard InChI is InChI=1S/C20H21NO6/c1-26-16-10-8-14(9-11-16)18(22)6-3-7-19(23)21-15-4-2-5-17(12-15)27-13-20(24)25/h2,4-5,8-12H,3,6-7,13H2,1H3,(H,21,23)(H,24,25). The number of nitrogens with one attached hydrogen (secondary N) is 1. The quantitative estimate of drug-likeness (QED) is 0.622. The second kappa shape index (κ2) is 9.96. The van der Waals surface area contributed by atoms with Gasteiger partial charge in [0, 0.05) is 30.2 Å². The molecule has 0 radical (unpaired) electrons. The van der Waals surface area contributed by atoms with Crippen LogP contribution >= 0.6 is 0 Å². The number of anilines is 1. The van der Waals surface area contributed by atoms with Gasteiger partial charge in [-0.1, -0.05) is 6.07 Å². The van der Waals surface area contributed by atoms with E-state index in [1.165, 1.54) is 0 Å². The molecule has 142 valence electrons. The zero-order valence-electron chi connectivity index (χ0n) is 14.9. The number of hydrogen-bond donors (Lipinski definition) is 2. The maximum Gasteiger partial charge on any atom is 0.341 e. The van der Waals surface area contributed by atoms with Crippen molar-refractivity contribution in [3.8, 4) is 11.5 Å². The smallest absolute Gasteiger partial charge is 0.341 e. The fraction of sp³-hybridized carbons (Fsp3) is 0.250. The number of methoxy groups -OCH3 is 1. The molecule has 0 saturated carbocycles. The van der Waals surface area contributed by atoms with E-state index in [1.54, 1.807) is 55.6 Å². The maximum atomic E-state index is 12.1. The molecule has 0 aliphatic rings. The highest BCUT2D eigenvalue weighted by molar-refractivity contribution is 5.97. The molecule has 7 nitrogen and oxygen atoms in total. The van der Waals surface area contributed by atoms with Gasteiger partial charge in [-0.3, -0.25) is 9.59 Å². The third kappa shape index (κ3) is 6.81. The summed E-state index contributed by atoms with van der Waals surface area (Å²) in [4.78, 5) is 34.7. The number of carbonyl (C=O) groups excluding carboxylic acids is 2. The normalized spacial score (nSPS) is 10.1. The van der Waals surface area contributed by atoms with Crippen molar-refractivity contribution in [1.82, 2.24) is 0 Å². The summed E-state index contributed by atoms with van der Waals surface area (Å²) in [5.41, 5.74) is 1.09. The lowest BCUT2D eigenvalue weighted by atomic mass is 10.1. The minimum absolute atomic E-state index is 0.0329. The van der Waals surface area contributed by atoms with Crippen molar-refractivity contribution in [2.24, 2.45) is 0 Å². The number of rotatable bonds is 10. The lowest BCUT2D eigenvalue weighted by Crippen LogP contribution is -2.13. The Morgan fingerprint density at radius 1 is 1.00 bits per heavy atom. The van der Waals surface area contributed by atoms with E-state index in [0.717, 1.165) is 0 Å². The summed E-state index contributed by atoms with van der Waals surface area (Å²) in [5, 5.41) is 11.3. The first kappa shape index (κ1) is 20.0. The lowest BCUT2D eigenvalue weighted by molar-refractivity contribution is -0.139. The van der Waals surface area contributed by atoms with Gasteiger partial charge in [0.2, 0.25) is 5.91 Å². The van der Waals surface area contributed by atoms with E-state index < -0.39 is 12.6 Å². The van der Waals surface area contributed by atoms with Gasteiger partial charge in [0.1, 0.15) is 11.5 Å². The van der Waals surface area contributed by atoms with E-state index in [9.17, 15) is 14.4 Å². The van der Waals surface area contributed by atoms with Gasteiger partial charge >= 0.3 is 5.97 Å². The molecule has 0 aliphatic heterocycles. The van der Waals surface area contributed by atoms with Crippen molar-refractivity contribution in [3.63, 3.8) is 0 Å². The first-order valence-corrected chi connectivity index (χ1v) is 8.39. The highest BCUT2D eigenvalue weighted by Crippen LogP contribution is 2.18. The molecule has 0 aromatic heterocycles. The molecule has 2 rings (SSSR count). The maximum absolute atomic E-state index is 12.1. The second-order valence-corrected chi connectivity index (χ2v) is 5.76. The largest absolute Gasteiger partial charge is 0.497 e. The minimum Gasteiger partial charge on any atom is -0.497 e. The van der Waals surface area contributed by atoms with Gasteiger partial charge < -0.3 is 19.9 Å². The fourth-order valence-corrected chi connectivity index (χ4v) is 2.36. The van der Waals surface area contributed by atoms with Crippen LogP contribution in [0.4, 0.5) is 5.69 Å². The SMILES string of the molecule is COc1ccc(C(=O)CCCC(=O)Nc2cccc(OCC(=O)O)c2)cc1. The van der Waals surface area contributed by atoms with Crippen molar-refractivity contribution in [2.45, 2.75) is 19.3 Å². The predicted molar refractivity (Wildman–Crippen MR) is 99.4 cm³/mol. The number of carboxylic acids is 1. The molecule has 2 aromatic rings. The van der Waals surface area contributed by atoms with Crippen molar-refractivity contribution in [3.05, 3.63) is 54.1 Å². The predicted octanol–water partition coefficient (Wildman–Crippen LogP) is 3.15. The van der Waals surface area contributed by atoms with E-state index in [1.807, 2.05) is 0 Å². The van der Waals surface area contributed by atoms with Crippen LogP contribution in [0.3, 0.4) is 0 Å². The summed E-state index contributed by atoms with van der Waals surface area (Å²) >= 11 is 0. The number of carbonyl (C=O) groups is 3. The average Bonchev–Trinajstić information content (AvgIpc) is 2.66. The Kier molecular flexibility index (Phi) is 7.37.